The molecule has 4 rings (SSSR count). The van der Waals surface area contributed by atoms with Crippen LogP contribution in [0.5, 0.6) is 0 Å². The molecule has 58 heavy (non-hydrogen) atoms. The second-order valence-electron chi connectivity index (χ2n) is 15.3. The van der Waals surface area contributed by atoms with E-state index in [0.717, 1.165) is 51.4 Å². The number of aliphatic hydroxyl groups is 14. The molecule has 19 atom stereocenters. The van der Waals surface area contributed by atoms with Gasteiger partial charge in [0.2, 0.25) is 5.79 Å². The minimum Gasteiger partial charge on any atom is -0.394 e. The molecule has 4 aliphatic rings. The summed E-state index contributed by atoms with van der Waals surface area (Å²) < 4.78 is 44.7. The summed E-state index contributed by atoms with van der Waals surface area (Å²) in [6.07, 6.45) is -18.5. The van der Waals surface area contributed by atoms with Crippen molar-refractivity contribution in [2.24, 2.45) is 0 Å². The molecule has 0 aliphatic carbocycles. The van der Waals surface area contributed by atoms with Crippen molar-refractivity contribution in [3.05, 3.63) is 0 Å². The van der Waals surface area contributed by atoms with Crippen LogP contribution >= 0.6 is 0 Å². The first-order valence-electron chi connectivity index (χ1n) is 20.2. The highest BCUT2D eigenvalue weighted by Crippen LogP contribution is 2.38. The summed E-state index contributed by atoms with van der Waals surface area (Å²) in [5.74, 6) is -2.09. The van der Waals surface area contributed by atoms with Crippen molar-refractivity contribution in [3.8, 4) is 0 Å². The monoisotopic (exact) mass is 850 g/mol. The van der Waals surface area contributed by atoms with E-state index >= 15 is 0 Å². The average Bonchev–Trinajstić information content (AvgIpc) is 3.49. The second kappa shape index (κ2) is 24.1. The Morgan fingerprint density at radius 2 is 0.828 bits per heavy atom. The highest BCUT2D eigenvalue weighted by molar-refractivity contribution is 5.00. The fraction of sp³-hybridized carbons (Fsp3) is 1.00. The molecule has 4 aliphatic heterocycles. The molecule has 14 N–H and O–H groups in total. The van der Waals surface area contributed by atoms with Crippen LogP contribution in [0.3, 0.4) is 0 Å². The standard InChI is InChI=1S/C36H66O22/c37-13-18-22(42)25(45)28(48)34(53-18)56-31-21(16-40)55-33(30(50)27(31)47)52-12-10-8-6-4-2-1-3-5-7-9-11-51-32-24(44)20(15-39)57-36(32,17-41)58-35-29(49)26(46)23(43)19(14-38)54-35/h18-35,37-50H,1-17H2/t18-,19-,20-,21-,22-,23-,24-,25+,26+,27-,28-,29-,30-,31-,32+,33+,34-,35-,36-/m1/s1. The predicted molar refractivity (Wildman–Crippen MR) is 191 cm³/mol. The third-order valence-electron chi connectivity index (χ3n) is 11.1. The van der Waals surface area contributed by atoms with Gasteiger partial charge in [0, 0.05) is 13.2 Å². The van der Waals surface area contributed by atoms with Crippen molar-refractivity contribution >= 4 is 0 Å². The van der Waals surface area contributed by atoms with Crippen LogP contribution in [-0.4, -0.2) is 234 Å². The van der Waals surface area contributed by atoms with Gasteiger partial charge >= 0.3 is 0 Å². The minimum absolute atomic E-state index is 0.143. The highest BCUT2D eigenvalue weighted by Gasteiger charge is 2.59. The van der Waals surface area contributed by atoms with E-state index in [4.69, 9.17) is 37.9 Å². The third kappa shape index (κ3) is 12.2. The highest BCUT2D eigenvalue weighted by atomic mass is 16.8. The molecule has 0 radical (unpaired) electrons. The molecule has 0 unspecified atom stereocenters. The molecule has 4 fully saturated rings. The largest absolute Gasteiger partial charge is 0.394 e. The fourth-order valence-electron chi connectivity index (χ4n) is 7.56. The quantitative estimate of drug-likeness (QED) is 0.0402. The zero-order chi connectivity index (χ0) is 42.6. The Labute approximate surface area is 336 Å². The van der Waals surface area contributed by atoms with Crippen LogP contribution in [-0.2, 0) is 37.9 Å². The van der Waals surface area contributed by atoms with E-state index in [-0.39, 0.29) is 13.2 Å². The fourth-order valence-corrected chi connectivity index (χ4v) is 7.56. The first-order valence-corrected chi connectivity index (χ1v) is 20.2. The van der Waals surface area contributed by atoms with Gasteiger partial charge in [0.25, 0.3) is 0 Å². The Morgan fingerprint density at radius 1 is 0.397 bits per heavy atom. The third-order valence-corrected chi connectivity index (χ3v) is 11.1. The first kappa shape index (κ1) is 49.8. The van der Waals surface area contributed by atoms with Crippen molar-refractivity contribution in [1.82, 2.24) is 0 Å². The Hall–Kier alpha value is -0.880. The molecule has 0 spiro atoms. The van der Waals surface area contributed by atoms with Crippen LogP contribution in [0, 0.1) is 0 Å². The Kier molecular flexibility index (Phi) is 20.7. The van der Waals surface area contributed by atoms with Crippen molar-refractivity contribution in [2.75, 3.05) is 46.2 Å². The minimum atomic E-state index is -2.09. The van der Waals surface area contributed by atoms with Gasteiger partial charge in [0.1, 0.15) is 98.2 Å². The second-order valence-corrected chi connectivity index (χ2v) is 15.3. The van der Waals surface area contributed by atoms with Gasteiger partial charge in [0.15, 0.2) is 18.9 Å². The van der Waals surface area contributed by atoms with Crippen molar-refractivity contribution in [1.29, 1.82) is 0 Å². The van der Waals surface area contributed by atoms with E-state index in [1.54, 1.807) is 0 Å². The van der Waals surface area contributed by atoms with Gasteiger partial charge in [-0.25, -0.2) is 0 Å². The molecule has 22 heteroatoms. The summed E-state index contributed by atoms with van der Waals surface area (Å²) in [5.41, 5.74) is 0. The number of hydrogen-bond donors (Lipinski definition) is 14. The van der Waals surface area contributed by atoms with Crippen LogP contribution in [0.25, 0.3) is 0 Å². The van der Waals surface area contributed by atoms with E-state index < -0.39 is 149 Å². The van der Waals surface area contributed by atoms with Crippen molar-refractivity contribution in [2.45, 2.75) is 180 Å². The van der Waals surface area contributed by atoms with Gasteiger partial charge < -0.3 is 109 Å². The first-order chi connectivity index (χ1) is 27.8. The van der Waals surface area contributed by atoms with Crippen LogP contribution in [0.2, 0.25) is 0 Å². The summed E-state index contributed by atoms with van der Waals surface area (Å²) in [4.78, 5) is 0. The summed E-state index contributed by atoms with van der Waals surface area (Å²) in [5, 5.41) is 142. The summed E-state index contributed by atoms with van der Waals surface area (Å²) in [6.45, 7) is -3.21. The van der Waals surface area contributed by atoms with Crippen molar-refractivity contribution in [3.63, 3.8) is 0 Å². The Balaban J connectivity index is 1.07. The molecular weight excluding hydrogens is 784 g/mol. The number of hydrogen-bond acceptors (Lipinski definition) is 22. The lowest BCUT2D eigenvalue weighted by Crippen LogP contribution is -2.64. The SMILES string of the molecule is OC[C@H]1O[C@](CO)(O[C@H]2O[C@H](CO)[C@@H](O)[C@H](O)[C@H]2O)[C@@H](OCCCCCCCCCCCCO[C@H]2O[C@H](CO)[C@@H](O[C@H]3O[C@H](CO)[C@@H](O)[C@H](O)[C@H]3O)[C@H](O)[C@H]2O)[C@@H]1O. The lowest BCUT2D eigenvalue weighted by Gasteiger charge is -2.45. The van der Waals surface area contributed by atoms with Gasteiger partial charge in [-0.05, 0) is 12.8 Å². The summed E-state index contributed by atoms with van der Waals surface area (Å²) >= 11 is 0. The van der Waals surface area contributed by atoms with Gasteiger partial charge in [-0.3, -0.25) is 0 Å². The van der Waals surface area contributed by atoms with E-state index in [9.17, 15) is 71.5 Å². The maximum atomic E-state index is 10.8. The van der Waals surface area contributed by atoms with E-state index in [0.29, 0.717) is 12.8 Å². The normalized spacial score (nSPS) is 43.6. The van der Waals surface area contributed by atoms with E-state index in [1.165, 1.54) is 0 Å². The predicted octanol–water partition coefficient (Wildman–Crippen LogP) is -5.83. The maximum Gasteiger partial charge on any atom is 0.224 e. The molecule has 0 aromatic rings. The molecule has 0 saturated carbocycles. The lowest BCUT2D eigenvalue weighted by molar-refractivity contribution is -0.385. The summed E-state index contributed by atoms with van der Waals surface area (Å²) in [6, 6.07) is 0. The molecule has 22 nitrogen and oxygen atoms in total. The van der Waals surface area contributed by atoms with Crippen LogP contribution < -0.4 is 0 Å². The van der Waals surface area contributed by atoms with Crippen LogP contribution in [0.1, 0.15) is 64.2 Å². The number of rotatable bonds is 24. The molecule has 0 amide bonds. The molecule has 0 bridgehead atoms. The molecule has 342 valence electrons. The van der Waals surface area contributed by atoms with Gasteiger partial charge in [-0.1, -0.05) is 51.4 Å². The average molecular weight is 851 g/mol. The molecule has 4 saturated heterocycles. The van der Waals surface area contributed by atoms with Gasteiger partial charge in [0.05, 0.1) is 26.4 Å². The molecule has 0 aromatic carbocycles. The van der Waals surface area contributed by atoms with E-state index in [2.05, 4.69) is 0 Å². The number of aliphatic hydroxyl groups excluding tert-OH is 14. The van der Waals surface area contributed by atoms with Crippen LogP contribution in [0.15, 0.2) is 0 Å². The molecule has 0 aromatic heterocycles. The van der Waals surface area contributed by atoms with Crippen LogP contribution in [0.4, 0.5) is 0 Å². The van der Waals surface area contributed by atoms with Gasteiger partial charge in [-0.2, -0.15) is 0 Å². The van der Waals surface area contributed by atoms with Crippen molar-refractivity contribution < 1.29 is 109 Å². The zero-order valence-corrected chi connectivity index (χ0v) is 32.4. The zero-order valence-electron chi connectivity index (χ0n) is 32.4. The smallest absolute Gasteiger partial charge is 0.224 e. The Morgan fingerprint density at radius 3 is 1.33 bits per heavy atom. The maximum absolute atomic E-state index is 10.8. The van der Waals surface area contributed by atoms with Gasteiger partial charge in [-0.15, -0.1) is 0 Å². The Bertz CT molecular complexity index is 1140. The lowest BCUT2D eigenvalue weighted by atomic mass is 9.97. The number of ether oxygens (including phenoxy) is 8. The summed E-state index contributed by atoms with van der Waals surface area (Å²) in [7, 11) is 0. The molecule has 4 heterocycles. The number of unbranched alkanes of at least 4 members (excludes halogenated alkanes) is 9. The molecular formula is C36H66O22. The topological polar surface area (TPSA) is 357 Å². The van der Waals surface area contributed by atoms with E-state index in [1.807, 2.05) is 0 Å².